The molecule has 4 bridgehead atoms. The molecule has 1 amide bonds. The number of rotatable bonds is 5. The molecule has 4 rings (SSSR count). The smallest absolute Gasteiger partial charge is 0.411 e. The van der Waals surface area contributed by atoms with Crippen LogP contribution in [0.2, 0.25) is 0 Å². The van der Waals surface area contributed by atoms with Crippen molar-refractivity contribution in [2.45, 2.75) is 109 Å². The molecule has 1 unspecified atom stereocenters. The van der Waals surface area contributed by atoms with Gasteiger partial charge in [-0.05, 0) is 97.8 Å². The van der Waals surface area contributed by atoms with Gasteiger partial charge in [-0.1, -0.05) is 0 Å². The van der Waals surface area contributed by atoms with E-state index in [1.54, 1.807) is 41.5 Å². The summed E-state index contributed by atoms with van der Waals surface area (Å²) >= 11 is 0. The minimum Gasteiger partial charge on any atom is -0.460 e. The molecule has 0 saturated heterocycles. The molecule has 1 atom stereocenters. The number of hydrogen-bond donors (Lipinski definition) is 1. The maximum atomic E-state index is 13.5. The summed E-state index contributed by atoms with van der Waals surface area (Å²) in [7, 11) is 1.28. The lowest BCUT2D eigenvalue weighted by Crippen LogP contribution is -2.75. The highest BCUT2D eigenvalue weighted by Crippen LogP contribution is 2.59. The third kappa shape index (κ3) is 5.05. The quantitative estimate of drug-likeness (QED) is 0.384. The van der Waals surface area contributed by atoms with Crippen LogP contribution in [0.5, 0.6) is 0 Å². The molecule has 8 nitrogen and oxygen atoms in total. The molecule has 0 aromatic carbocycles. The minimum atomic E-state index is -2.03. The lowest BCUT2D eigenvalue weighted by molar-refractivity contribution is -0.187. The van der Waals surface area contributed by atoms with Crippen molar-refractivity contribution in [2.75, 3.05) is 7.11 Å². The number of ether oxygens (including phenoxy) is 3. The molecular weight excluding hydrogens is 412 g/mol. The summed E-state index contributed by atoms with van der Waals surface area (Å²) in [6, 6.07) is 0. The van der Waals surface area contributed by atoms with Gasteiger partial charge in [-0.2, -0.15) is 0 Å². The summed E-state index contributed by atoms with van der Waals surface area (Å²) in [6.45, 7) is 10.4. The number of nitrogens with zero attached hydrogens (tertiary/aromatic N) is 1. The highest BCUT2D eigenvalue weighted by atomic mass is 16.6. The largest absolute Gasteiger partial charge is 0.460 e. The Morgan fingerprint density at radius 3 is 1.69 bits per heavy atom. The molecule has 2 N–H and O–H groups in total. The Morgan fingerprint density at radius 2 is 1.31 bits per heavy atom. The summed E-state index contributed by atoms with van der Waals surface area (Å²) in [5.74, 6) is -0.0325. The molecule has 32 heavy (non-hydrogen) atoms. The van der Waals surface area contributed by atoms with E-state index >= 15 is 0 Å². The second-order valence-electron chi connectivity index (χ2n) is 12.1. The van der Waals surface area contributed by atoms with E-state index in [0.29, 0.717) is 17.8 Å². The predicted octanol–water partition coefficient (Wildman–Crippen LogP) is 3.75. The van der Waals surface area contributed by atoms with Crippen LogP contribution in [0.3, 0.4) is 0 Å². The second kappa shape index (κ2) is 8.19. The van der Waals surface area contributed by atoms with Crippen molar-refractivity contribution in [3.8, 4) is 0 Å². The molecule has 0 aromatic rings. The molecule has 4 aliphatic rings. The van der Waals surface area contributed by atoms with Crippen LogP contribution in [-0.2, 0) is 23.8 Å². The lowest BCUT2D eigenvalue weighted by atomic mass is 9.52. The monoisotopic (exact) mass is 452 g/mol. The molecule has 8 heteroatoms. The summed E-state index contributed by atoms with van der Waals surface area (Å²) in [4.78, 5) is 41.1. The first kappa shape index (κ1) is 24.8. The van der Waals surface area contributed by atoms with E-state index in [4.69, 9.17) is 19.9 Å². The van der Waals surface area contributed by atoms with E-state index < -0.39 is 46.9 Å². The number of methoxy groups -OCH3 is 1. The average Bonchev–Trinajstić information content (AvgIpc) is 2.56. The van der Waals surface area contributed by atoms with Crippen LogP contribution in [0.1, 0.15) is 86.5 Å². The van der Waals surface area contributed by atoms with Crippen molar-refractivity contribution in [1.82, 2.24) is 4.90 Å². The van der Waals surface area contributed by atoms with Gasteiger partial charge in [0.05, 0.1) is 13.5 Å². The van der Waals surface area contributed by atoms with Gasteiger partial charge in [0.2, 0.25) is 5.66 Å². The Bertz CT molecular complexity index is 730. The van der Waals surface area contributed by atoms with Crippen molar-refractivity contribution in [2.24, 2.45) is 23.5 Å². The molecule has 0 radical (unpaired) electrons. The highest BCUT2D eigenvalue weighted by molar-refractivity contribution is 5.90. The Morgan fingerprint density at radius 1 is 0.875 bits per heavy atom. The fourth-order valence-electron chi connectivity index (χ4n) is 6.42. The number of carbonyl (C=O) groups excluding carboxylic acids is 3. The Balaban J connectivity index is 2.05. The van der Waals surface area contributed by atoms with Crippen LogP contribution in [-0.4, -0.2) is 52.4 Å². The zero-order valence-electron chi connectivity index (χ0n) is 20.7. The van der Waals surface area contributed by atoms with Crippen molar-refractivity contribution < 1.29 is 28.6 Å². The molecule has 182 valence electrons. The highest BCUT2D eigenvalue weighted by Gasteiger charge is 2.62. The van der Waals surface area contributed by atoms with Gasteiger partial charge in [-0.3, -0.25) is 15.4 Å². The maximum absolute atomic E-state index is 13.5. The van der Waals surface area contributed by atoms with Gasteiger partial charge >= 0.3 is 18.0 Å². The van der Waals surface area contributed by atoms with Crippen LogP contribution in [0.25, 0.3) is 0 Å². The summed E-state index contributed by atoms with van der Waals surface area (Å²) < 4.78 is 16.3. The SMILES string of the molecule is COC(=O)N(C12CC3CC(CC(C3)C1)C2)C(N)(CC(=O)OC(C)(C)C)C(=O)OC(C)(C)C. The van der Waals surface area contributed by atoms with Gasteiger partial charge in [0, 0.05) is 5.54 Å². The van der Waals surface area contributed by atoms with Crippen molar-refractivity contribution in [1.29, 1.82) is 0 Å². The van der Waals surface area contributed by atoms with Gasteiger partial charge < -0.3 is 14.2 Å². The van der Waals surface area contributed by atoms with Crippen LogP contribution in [0.4, 0.5) is 4.79 Å². The molecule has 4 saturated carbocycles. The lowest BCUT2D eigenvalue weighted by Gasteiger charge is -2.62. The second-order valence-corrected chi connectivity index (χ2v) is 12.1. The number of nitrogens with two attached hydrogens (primary N) is 1. The molecular formula is C24H40N2O6. The molecule has 4 aliphatic carbocycles. The fourth-order valence-corrected chi connectivity index (χ4v) is 6.42. The van der Waals surface area contributed by atoms with Gasteiger partial charge in [-0.25, -0.2) is 9.59 Å². The van der Waals surface area contributed by atoms with Crippen molar-refractivity contribution in [3.63, 3.8) is 0 Å². The number of esters is 2. The van der Waals surface area contributed by atoms with Crippen LogP contribution >= 0.6 is 0 Å². The van der Waals surface area contributed by atoms with Gasteiger partial charge in [0.15, 0.2) is 0 Å². The Hall–Kier alpha value is -1.83. The predicted molar refractivity (Wildman–Crippen MR) is 118 cm³/mol. The third-order valence-corrected chi connectivity index (χ3v) is 6.82. The molecule has 0 heterocycles. The summed E-state index contributed by atoms with van der Waals surface area (Å²) in [5.41, 5.74) is 2.49. The first-order chi connectivity index (χ1) is 14.6. The van der Waals surface area contributed by atoms with E-state index in [1.165, 1.54) is 12.0 Å². The number of hydrogen-bond acceptors (Lipinski definition) is 7. The van der Waals surface area contributed by atoms with Gasteiger partial charge in [0.25, 0.3) is 0 Å². The number of carbonyl (C=O) groups is 3. The molecule has 0 aromatic heterocycles. The van der Waals surface area contributed by atoms with Crippen LogP contribution < -0.4 is 5.73 Å². The summed E-state index contributed by atoms with van der Waals surface area (Å²) in [5, 5.41) is 0. The van der Waals surface area contributed by atoms with Gasteiger partial charge in [0.1, 0.15) is 11.2 Å². The van der Waals surface area contributed by atoms with Crippen LogP contribution in [0, 0.1) is 17.8 Å². The normalized spacial score (nSPS) is 30.9. The summed E-state index contributed by atoms with van der Waals surface area (Å²) in [6.07, 6.45) is 4.48. The first-order valence-electron chi connectivity index (χ1n) is 11.7. The molecule has 0 aliphatic heterocycles. The number of amides is 1. The van der Waals surface area contributed by atoms with Gasteiger partial charge in [-0.15, -0.1) is 0 Å². The van der Waals surface area contributed by atoms with Crippen LogP contribution in [0.15, 0.2) is 0 Å². The fraction of sp³-hybridized carbons (Fsp3) is 0.875. The zero-order chi connectivity index (χ0) is 24.1. The maximum Gasteiger partial charge on any atom is 0.411 e. The van der Waals surface area contributed by atoms with Crippen molar-refractivity contribution in [3.05, 3.63) is 0 Å². The average molecular weight is 453 g/mol. The third-order valence-electron chi connectivity index (χ3n) is 6.82. The zero-order valence-corrected chi connectivity index (χ0v) is 20.7. The van der Waals surface area contributed by atoms with E-state index in [0.717, 1.165) is 38.5 Å². The first-order valence-corrected chi connectivity index (χ1v) is 11.7. The Labute approximate surface area is 191 Å². The standard InChI is InChI=1S/C24H40N2O6/c1-21(2,3)31-18(27)14-24(25,19(28)32-22(4,5)6)26(20(29)30-7)23-11-15-8-16(12-23)10-17(9-15)13-23/h15-17H,8-14,25H2,1-7H3. The molecule has 4 fully saturated rings. The van der Waals surface area contributed by atoms with E-state index in [9.17, 15) is 14.4 Å². The minimum absolute atomic E-state index is 0.484. The molecule has 0 spiro atoms. The topological polar surface area (TPSA) is 108 Å². The van der Waals surface area contributed by atoms with Crippen molar-refractivity contribution >= 4 is 18.0 Å². The Kier molecular flexibility index (Phi) is 6.35. The van der Waals surface area contributed by atoms with E-state index in [-0.39, 0.29) is 0 Å². The van der Waals surface area contributed by atoms with E-state index in [2.05, 4.69) is 0 Å². The van der Waals surface area contributed by atoms with E-state index in [1.807, 2.05) is 0 Å².